The van der Waals surface area contributed by atoms with E-state index in [0.29, 0.717) is 0 Å². The lowest BCUT2D eigenvalue weighted by Gasteiger charge is -2.00. The number of hydrogen-bond donors (Lipinski definition) is 3. The average molecular weight is 593 g/mol. The second kappa shape index (κ2) is 11.1. The van der Waals surface area contributed by atoms with Gasteiger partial charge in [-0.3, -0.25) is 0 Å². The van der Waals surface area contributed by atoms with E-state index >= 15 is 0 Å². The monoisotopic (exact) mass is 592 g/mol. The zero-order valence-corrected chi connectivity index (χ0v) is 28.0. The Labute approximate surface area is 266 Å². The van der Waals surface area contributed by atoms with E-state index in [1.54, 1.807) is 0 Å². The Morgan fingerprint density at radius 2 is 1.04 bits per heavy atom. The van der Waals surface area contributed by atoms with Crippen molar-refractivity contribution in [1.29, 1.82) is 0 Å². The predicted molar refractivity (Wildman–Crippen MR) is 193 cm³/mol. The van der Waals surface area contributed by atoms with E-state index in [1.807, 2.05) is 0 Å². The van der Waals surface area contributed by atoms with E-state index in [1.165, 1.54) is 88.8 Å². The first-order valence-corrected chi connectivity index (χ1v) is 16.7. The number of allylic oxidation sites excluding steroid dienone is 2. The third-order valence-corrected chi connectivity index (χ3v) is 10.3. The van der Waals surface area contributed by atoms with Crippen LogP contribution in [-0.2, 0) is 19.3 Å². The summed E-state index contributed by atoms with van der Waals surface area (Å²) in [6, 6.07) is 20.4. The number of aromatic amines is 3. The minimum absolute atomic E-state index is 0.938. The Morgan fingerprint density at radius 1 is 0.533 bits per heavy atom. The molecule has 0 spiro atoms. The van der Waals surface area contributed by atoms with E-state index < -0.39 is 0 Å². The first-order chi connectivity index (χ1) is 21.8. The molecule has 7 rings (SSSR count). The van der Waals surface area contributed by atoms with Crippen molar-refractivity contribution in [3.63, 3.8) is 0 Å². The van der Waals surface area contributed by atoms with Crippen molar-refractivity contribution in [3.8, 4) is 22.3 Å². The van der Waals surface area contributed by atoms with Crippen LogP contribution >= 0.6 is 0 Å². The quantitative estimate of drug-likeness (QED) is 0.187. The third kappa shape index (κ3) is 4.53. The zero-order chi connectivity index (χ0) is 31.6. The van der Waals surface area contributed by atoms with E-state index in [0.717, 1.165) is 48.1 Å². The molecule has 4 heteroatoms. The predicted octanol–water partition coefficient (Wildman–Crippen LogP) is 11.3. The number of benzene rings is 1. The highest BCUT2D eigenvalue weighted by Gasteiger charge is 2.21. The Kier molecular flexibility index (Phi) is 7.19. The second-order valence-electron chi connectivity index (χ2n) is 12.7. The van der Waals surface area contributed by atoms with Gasteiger partial charge < -0.3 is 15.0 Å². The summed E-state index contributed by atoms with van der Waals surface area (Å²) in [5.41, 5.74) is 24.7. The number of rotatable bonds is 4. The Morgan fingerprint density at radius 3 is 1.58 bits per heavy atom. The van der Waals surface area contributed by atoms with Crippen molar-refractivity contribution in [1.82, 2.24) is 19.9 Å². The zero-order valence-electron chi connectivity index (χ0n) is 28.0. The van der Waals surface area contributed by atoms with Gasteiger partial charge in [-0.05, 0) is 150 Å². The van der Waals surface area contributed by atoms with E-state index in [9.17, 15) is 0 Å². The SMILES string of the molecule is CCC1=C(C)c2nc1cc1[nH]c(cc3cc(cc4[nH]c(cc5[nH]c2c(C)c5CC)c(CC)c4C)-c2ccccc2-3)c(C)c1CC. The van der Waals surface area contributed by atoms with Gasteiger partial charge in [0.15, 0.2) is 0 Å². The fraction of sp³-hybridized carbons (Fsp3) is 0.293. The van der Waals surface area contributed by atoms with Crippen LogP contribution in [0.15, 0.2) is 54.6 Å². The summed E-state index contributed by atoms with van der Waals surface area (Å²) in [5.74, 6) is 0. The molecular weight excluding hydrogens is 548 g/mol. The van der Waals surface area contributed by atoms with E-state index in [2.05, 4.69) is 125 Å². The summed E-state index contributed by atoms with van der Waals surface area (Å²) in [7, 11) is 0. The van der Waals surface area contributed by atoms with Crippen LogP contribution in [0.3, 0.4) is 0 Å². The van der Waals surface area contributed by atoms with Crippen LogP contribution in [0.5, 0.6) is 0 Å². The van der Waals surface area contributed by atoms with Crippen LogP contribution in [0, 0.1) is 20.8 Å². The minimum atomic E-state index is 0.938. The van der Waals surface area contributed by atoms with Crippen molar-refractivity contribution in [2.45, 2.75) is 81.1 Å². The topological polar surface area (TPSA) is 60.3 Å². The molecule has 10 bridgehead atoms. The van der Waals surface area contributed by atoms with Gasteiger partial charge >= 0.3 is 0 Å². The Hall–Kier alpha value is -4.57. The molecule has 4 nitrogen and oxygen atoms in total. The summed E-state index contributed by atoms with van der Waals surface area (Å²) in [6.07, 6.45) is 3.82. The van der Waals surface area contributed by atoms with E-state index in [-0.39, 0.29) is 0 Å². The molecule has 0 unspecified atom stereocenters. The molecule has 0 atom stereocenters. The van der Waals surface area contributed by atoms with Crippen LogP contribution < -0.4 is 0 Å². The maximum absolute atomic E-state index is 5.35. The first kappa shape index (κ1) is 29.2. The molecule has 1 aromatic carbocycles. The van der Waals surface area contributed by atoms with Gasteiger partial charge in [-0.25, -0.2) is 4.98 Å². The molecule has 5 heterocycles. The normalized spacial score (nSPS) is 12.7. The molecule has 45 heavy (non-hydrogen) atoms. The van der Waals surface area contributed by atoms with Gasteiger partial charge in [0.2, 0.25) is 0 Å². The largest absolute Gasteiger partial charge is 0.355 e. The van der Waals surface area contributed by atoms with Crippen LogP contribution in [-0.4, -0.2) is 19.9 Å². The molecule has 4 aromatic heterocycles. The Bertz CT molecular complexity index is 2250. The van der Waals surface area contributed by atoms with Gasteiger partial charge in [-0.1, -0.05) is 52.0 Å². The molecule has 1 aliphatic carbocycles. The third-order valence-electron chi connectivity index (χ3n) is 10.3. The lowest BCUT2D eigenvalue weighted by molar-refractivity contribution is 1.14. The number of hydrogen-bond acceptors (Lipinski definition) is 1. The maximum atomic E-state index is 5.35. The fourth-order valence-corrected chi connectivity index (χ4v) is 7.83. The van der Waals surface area contributed by atoms with Gasteiger partial charge in [0.1, 0.15) is 0 Å². The van der Waals surface area contributed by atoms with Crippen LogP contribution in [0.2, 0.25) is 0 Å². The lowest BCUT2D eigenvalue weighted by atomic mass is 10.0. The van der Waals surface area contributed by atoms with Crippen molar-refractivity contribution in [3.05, 3.63) is 99.4 Å². The van der Waals surface area contributed by atoms with Gasteiger partial charge in [0.05, 0.1) is 16.9 Å². The summed E-state index contributed by atoms with van der Waals surface area (Å²) in [4.78, 5) is 16.9. The fourth-order valence-electron chi connectivity index (χ4n) is 7.83. The molecule has 228 valence electrons. The number of nitrogens with zero attached hydrogens (tertiary/aromatic N) is 1. The molecule has 3 N–H and O–H groups in total. The lowest BCUT2D eigenvalue weighted by Crippen LogP contribution is -1.84. The number of nitrogens with one attached hydrogen (secondary N) is 3. The standard InChI is InChI=1S/C41H44N4/c1-9-28-22(5)34-18-26-17-27(33-16-14-13-15-32(26)33)19-35-23(6)29(10-2)37(43-35)21-39-31(12-4)25(8)41(45-39)40-24(7)30(11-3)38(44-40)20-36(28)42-34/h13-21,42-44H,9-12H2,1-8H3. The van der Waals surface area contributed by atoms with Gasteiger partial charge in [0, 0.05) is 27.6 Å². The molecular formula is C41H44N4. The summed E-state index contributed by atoms with van der Waals surface area (Å²) >= 11 is 0. The van der Waals surface area contributed by atoms with Gasteiger partial charge in [-0.15, -0.1) is 0 Å². The van der Waals surface area contributed by atoms with Crippen molar-refractivity contribution in [2.75, 3.05) is 0 Å². The molecule has 1 aliphatic heterocycles. The van der Waals surface area contributed by atoms with Gasteiger partial charge in [-0.2, -0.15) is 0 Å². The molecule has 0 saturated heterocycles. The number of aryl methyl sites for hydroxylation is 6. The highest BCUT2D eigenvalue weighted by atomic mass is 14.8. The second-order valence-corrected chi connectivity index (χ2v) is 12.7. The summed E-state index contributed by atoms with van der Waals surface area (Å²) in [5, 5.41) is 0. The van der Waals surface area contributed by atoms with Crippen molar-refractivity contribution in [2.24, 2.45) is 0 Å². The minimum Gasteiger partial charge on any atom is -0.355 e. The maximum Gasteiger partial charge on any atom is 0.0907 e. The average Bonchev–Trinajstić information content (AvgIpc) is 3.79. The van der Waals surface area contributed by atoms with Gasteiger partial charge in [0.25, 0.3) is 0 Å². The molecule has 0 fully saturated rings. The molecule has 0 saturated carbocycles. The van der Waals surface area contributed by atoms with Crippen LogP contribution in [0.4, 0.5) is 0 Å². The van der Waals surface area contributed by atoms with Crippen LogP contribution in [0.1, 0.15) is 85.8 Å². The molecule has 2 aliphatic rings. The Balaban J connectivity index is 1.70. The van der Waals surface area contributed by atoms with Crippen molar-refractivity contribution < 1.29 is 0 Å². The van der Waals surface area contributed by atoms with Crippen molar-refractivity contribution >= 4 is 44.2 Å². The number of fused-ring (bicyclic) bond motifs is 14. The summed E-state index contributed by atoms with van der Waals surface area (Å²) in [6.45, 7) is 18.0. The molecule has 0 radical (unpaired) electrons. The highest BCUT2D eigenvalue weighted by Crippen LogP contribution is 2.41. The molecule has 0 amide bonds. The highest BCUT2D eigenvalue weighted by molar-refractivity contribution is 5.98. The van der Waals surface area contributed by atoms with E-state index in [4.69, 9.17) is 4.98 Å². The molecule has 5 aromatic rings. The van der Waals surface area contributed by atoms with Crippen LogP contribution in [0.25, 0.3) is 66.5 Å². The summed E-state index contributed by atoms with van der Waals surface area (Å²) < 4.78 is 0. The first-order valence-electron chi connectivity index (χ1n) is 16.7. The number of H-pyrrole nitrogens is 3. The number of aromatic nitrogens is 4. The smallest absolute Gasteiger partial charge is 0.0907 e.